The molecule has 28 heavy (non-hydrogen) atoms. The van der Waals surface area contributed by atoms with Gasteiger partial charge in [-0.05, 0) is 23.8 Å². The number of aromatic nitrogens is 1. The molecule has 2 N–H and O–H groups in total. The van der Waals surface area contributed by atoms with Crippen molar-refractivity contribution in [2.45, 2.75) is 0 Å². The van der Waals surface area contributed by atoms with Crippen LogP contribution in [0.1, 0.15) is 16.1 Å². The zero-order valence-electron chi connectivity index (χ0n) is 14.6. The van der Waals surface area contributed by atoms with Crippen LogP contribution in [0.15, 0.2) is 77.9 Å². The van der Waals surface area contributed by atoms with Gasteiger partial charge in [0.2, 0.25) is 0 Å². The van der Waals surface area contributed by atoms with Gasteiger partial charge in [-0.1, -0.05) is 77.8 Å². The van der Waals surface area contributed by atoms with E-state index < -0.39 is 0 Å². The highest BCUT2D eigenvalue weighted by molar-refractivity contribution is 6.36. The fourth-order valence-electron chi connectivity index (χ4n) is 3.04. The first-order valence-corrected chi connectivity index (χ1v) is 9.33. The Morgan fingerprint density at radius 1 is 0.964 bits per heavy atom. The summed E-state index contributed by atoms with van der Waals surface area (Å²) in [4.78, 5) is 16.0. The number of halogens is 2. The van der Waals surface area contributed by atoms with Crippen LogP contribution in [-0.4, -0.2) is 17.1 Å². The molecule has 4 aromatic rings. The number of H-pyrrole nitrogens is 1. The Balaban J connectivity index is 1.67. The van der Waals surface area contributed by atoms with E-state index in [1.165, 1.54) is 6.21 Å². The Morgan fingerprint density at radius 3 is 2.50 bits per heavy atom. The summed E-state index contributed by atoms with van der Waals surface area (Å²) in [5, 5.41) is 6.01. The third-order valence-corrected chi connectivity index (χ3v) is 4.89. The molecule has 0 bridgehead atoms. The predicted octanol–water partition coefficient (Wildman–Crippen LogP) is 5.91. The zero-order valence-corrected chi connectivity index (χ0v) is 16.1. The molecule has 0 spiro atoms. The number of nitrogens with one attached hydrogen (secondary N) is 2. The van der Waals surface area contributed by atoms with E-state index in [2.05, 4.69) is 15.5 Å². The summed E-state index contributed by atoms with van der Waals surface area (Å²) < 4.78 is 0. The zero-order chi connectivity index (χ0) is 19.5. The maximum absolute atomic E-state index is 12.8. The number of carbonyl (C=O) groups is 1. The van der Waals surface area contributed by atoms with Crippen LogP contribution < -0.4 is 5.43 Å². The molecule has 1 amide bonds. The van der Waals surface area contributed by atoms with Crippen molar-refractivity contribution in [3.05, 3.63) is 94.1 Å². The molecule has 138 valence electrons. The molecule has 0 radical (unpaired) electrons. The number of para-hydroxylation sites is 1. The smallest absolute Gasteiger partial charge is 0.288 e. The lowest BCUT2D eigenvalue weighted by atomic mass is 10.0. The standard InChI is InChI=1S/C22H15Cl2N3O/c23-16-11-10-15(18(24)12-16)13-25-27-22(28)21-20(14-6-2-1-3-7-14)17-8-4-5-9-19(17)26-21/h1-13,26H,(H,27,28). The number of fused-ring (bicyclic) bond motifs is 1. The van der Waals surface area contributed by atoms with Crippen molar-refractivity contribution in [2.75, 3.05) is 0 Å². The van der Waals surface area contributed by atoms with E-state index in [9.17, 15) is 4.79 Å². The third-order valence-electron chi connectivity index (χ3n) is 4.33. The molecule has 0 saturated heterocycles. The minimum Gasteiger partial charge on any atom is -0.350 e. The Morgan fingerprint density at radius 2 is 1.71 bits per heavy atom. The van der Waals surface area contributed by atoms with E-state index >= 15 is 0 Å². The number of amides is 1. The number of nitrogens with zero attached hydrogens (tertiary/aromatic N) is 1. The van der Waals surface area contributed by atoms with Crippen molar-refractivity contribution in [1.82, 2.24) is 10.4 Å². The average Bonchev–Trinajstić information content (AvgIpc) is 3.10. The van der Waals surface area contributed by atoms with Crippen LogP contribution in [0.5, 0.6) is 0 Å². The molecule has 1 aromatic heterocycles. The van der Waals surface area contributed by atoms with Gasteiger partial charge in [0.25, 0.3) is 5.91 Å². The summed E-state index contributed by atoms with van der Waals surface area (Å²) in [5.74, 6) is -0.337. The van der Waals surface area contributed by atoms with Crippen LogP contribution in [0.2, 0.25) is 10.0 Å². The highest BCUT2D eigenvalue weighted by atomic mass is 35.5. The van der Waals surface area contributed by atoms with Crippen LogP contribution in [-0.2, 0) is 0 Å². The minimum atomic E-state index is -0.337. The minimum absolute atomic E-state index is 0.337. The van der Waals surface area contributed by atoms with Crippen molar-refractivity contribution < 1.29 is 4.79 Å². The number of hydrazone groups is 1. The summed E-state index contributed by atoms with van der Waals surface area (Å²) in [7, 11) is 0. The predicted molar refractivity (Wildman–Crippen MR) is 115 cm³/mol. The average molecular weight is 408 g/mol. The van der Waals surface area contributed by atoms with Crippen LogP contribution in [0.25, 0.3) is 22.0 Å². The van der Waals surface area contributed by atoms with E-state index in [0.717, 1.165) is 22.0 Å². The molecule has 0 saturated carbocycles. The van der Waals surface area contributed by atoms with Gasteiger partial charge in [0, 0.05) is 27.1 Å². The molecular formula is C22H15Cl2N3O. The molecule has 0 aliphatic heterocycles. The second-order valence-corrected chi connectivity index (χ2v) is 7.00. The first-order chi connectivity index (χ1) is 13.6. The molecule has 4 rings (SSSR count). The fraction of sp³-hybridized carbons (Fsp3) is 0. The van der Waals surface area contributed by atoms with Gasteiger partial charge in [0.1, 0.15) is 5.69 Å². The van der Waals surface area contributed by atoms with Crippen molar-refractivity contribution in [2.24, 2.45) is 5.10 Å². The van der Waals surface area contributed by atoms with Gasteiger partial charge in [-0.25, -0.2) is 5.43 Å². The second kappa shape index (κ2) is 7.89. The monoisotopic (exact) mass is 407 g/mol. The number of rotatable bonds is 4. The van der Waals surface area contributed by atoms with Gasteiger partial charge >= 0.3 is 0 Å². The highest BCUT2D eigenvalue weighted by Crippen LogP contribution is 2.32. The van der Waals surface area contributed by atoms with Crippen molar-refractivity contribution in [1.29, 1.82) is 0 Å². The molecule has 0 fully saturated rings. The number of hydrogen-bond acceptors (Lipinski definition) is 2. The van der Waals surface area contributed by atoms with Gasteiger partial charge in [0.15, 0.2) is 0 Å². The molecule has 0 atom stereocenters. The third kappa shape index (κ3) is 3.65. The normalized spacial score (nSPS) is 11.2. The van der Waals surface area contributed by atoms with Crippen molar-refractivity contribution in [3.8, 4) is 11.1 Å². The Labute approximate surface area is 171 Å². The van der Waals surface area contributed by atoms with E-state index in [-0.39, 0.29) is 5.91 Å². The molecule has 0 unspecified atom stereocenters. The van der Waals surface area contributed by atoms with E-state index in [1.807, 2.05) is 54.6 Å². The largest absolute Gasteiger partial charge is 0.350 e. The SMILES string of the molecule is O=C(NN=Cc1ccc(Cl)cc1Cl)c1[nH]c2ccccc2c1-c1ccccc1. The van der Waals surface area contributed by atoms with Gasteiger partial charge < -0.3 is 4.98 Å². The molecule has 3 aromatic carbocycles. The summed E-state index contributed by atoms with van der Waals surface area (Å²) >= 11 is 12.0. The lowest BCUT2D eigenvalue weighted by Gasteiger charge is -2.04. The van der Waals surface area contributed by atoms with E-state index in [4.69, 9.17) is 23.2 Å². The lowest BCUT2D eigenvalue weighted by Crippen LogP contribution is -2.18. The second-order valence-electron chi connectivity index (χ2n) is 6.15. The summed E-state index contributed by atoms with van der Waals surface area (Å²) in [6, 6.07) is 22.7. The van der Waals surface area contributed by atoms with Gasteiger partial charge in [-0.3, -0.25) is 4.79 Å². The summed E-state index contributed by atoms with van der Waals surface area (Å²) in [6.45, 7) is 0. The maximum atomic E-state index is 12.8. The summed E-state index contributed by atoms with van der Waals surface area (Å²) in [5.41, 5.74) is 6.36. The molecule has 0 aliphatic carbocycles. The maximum Gasteiger partial charge on any atom is 0.288 e. The number of benzene rings is 3. The number of carbonyl (C=O) groups excluding carboxylic acids is 1. The molecule has 6 heteroatoms. The van der Waals surface area contributed by atoms with Crippen LogP contribution in [0, 0.1) is 0 Å². The fourth-order valence-corrected chi connectivity index (χ4v) is 3.50. The van der Waals surface area contributed by atoms with E-state index in [0.29, 0.717) is 21.3 Å². The van der Waals surface area contributed by atoms with Crippen LogP contribution in [0.3, 0.4) is 0 Å². The highest BCUT2D eigenvalue weighted by Gasteiger charge is 2.18. The summed E-state index contributed by atoms with van der Waals surface area (Å²) in [6.07, 6.45) is 1.49. The first-order valence-electron chi connectivity index (χ1n) is 8.58. The molecule has 0 aliphatic rings. The first kappa shape index (κ1) is 18.3. The quantitative estimate of drug-likeness (QED) is 0.320. The van der Waals surface area contributed by atoms with E-state index in [1.54, 1.807) is 18.2 Å². The molecule has 4 nitrogen and oxygen atoms in total. The number of aromatic amines is 1. The van der Waals surface area contributed by atoms with Crippen molar-refractivity contribution >= 4 is 46.2 Å². The van der Waals surface area contributed by atoms with Gasteiger partial charge in [-0.15, -0.1) is 0 Å². The van der Waals surface area contributed by atoms with Crippen LogP contribution in [0.4, 0.5) is 0 Å². The molecular weight excluding hydrogens is 393 g/mol. The van der Waals surface area contributed by atoms with Gasteiger partial charge in [0.05, 0.1) is 11.2 Å². The number of hydrogen-bond donors (Lipinski definition) is 2. The van der Waals surface area contributed by atoms with Crippen LogP contribution >= 0.6 is 23.2 Å². The van der Waals surface area contributed by atoms with Gasteiger partial charge in [-0.2, -0.15) is 5.10 Å². The Hall–Kier alpha value is -3.08. The van der Waals surface area contributed by atoms with Crippen molar-refractivity contribution in [3.63, 3.8) is 0 Å². The molecule has 1 heterocycles. The Kier molecular flexibility index (Phi) is 5.15. The lowest BCUT2D eigenvalue weighted by molar-refractivity contribution is 0.0951. The topological polar surface area (TPSA) is 57.2 Å². The Bertz CT molecular complexity index is 1180.